The fourth-order valence-electron chi connectivity index (χ4n) is 3.07. The van der Waals surface area contributed by atoms with Gasteiger partial charge in [0.2, 0.25) is 6.41 Å². The highest BCUT2D eigenvalue weighted by Gasteiger charge is 2.13. The minimum Gasteiger partial charge on any atom is -0.309 e. The molecule has 0 N–H and O–H groups in total. The molecule has 0 fully saturated rings. The normalized spacial score (nSPS) is 9.97. The molecule has 0 atom stereocenters. The molecule has 0 spiro atoms. The van der Waals surface area contributed by atoms with Gasteiger partial charge < -0.3 is 9.80 Å². The fraction of sp³-hybridized carbons (Fsp3) is 0.120. The molecule has 0 radical (unpaired) electrons. The fourth-order valence-corrected chi connectivity index (χ4v) is 3.63. The van der Waals surface area contributed by atoms with Crippen LogP contribution in [0.4, 0.5) is 11.4 Å². The van der Waals surface area contributed by atoms with Crippen LogP contribution in [0.25, 0.3) is 0 Å². The van der Waals surface area contributed by atoms with E-state index in [0.29, 0.717) is 17.8 Å². The van der Waals surface area contributed by atoms with E-state index in [0.717, 1.165) is 26.8 Å². The van der Waals surface area contributed by atoms with E-state index in [2.05, 4.69) is 34.4 Å². The molecule has 0 saturated carbocycles. The van der Waals surface area contributed by atoms with E-state index in [-0.39, 0.29) is 5.91 Å². The number of benzene rings is 3. The summed E-state index contributed by atoms with van der Waals surface area (Å²) in [5, 5.41) is 0. The summed E-state index contributed by atoms with van der Waals surface area (Å²) < 4.78 is 1.08. The zero-order chi connectivity index (χ0) is 21.5. The van der Waals surface area contributed by atoms with Crippen LogP contribution in [0.5, 0.6) is 0 Å². The molecule has 3 aromatic rings. The number of carbonyl (C=O) groups excluding carboxylic acids is 2. The third-order valence-corrected chi connectivity index (χ3v) is 5.78. The van der Waals surface area contributed by atoms with Gasteiger partial charge in [0, 0.05) is 27.8 Å². The lowest BCUT2D eigenvalue weighted by Crippen LogP contribution is -2.25. The molecule has 30 heavy (non-hydrogen) atoms. The maximum absolute atomic E-state index is 12.6. The Morgan fingerprint density at radius 1 is 0.967 bits per heavy atom. The van der Waals surface area contributed by atoms with Gasteiger partial charge in [0.05, 0.1) is 12.2 Å². The first-order chi connectivity index (χ1) is 14.5. The van der Waals surface area contributed by atoms with E-state index in [1.807, 2.05) is 79.7 Å². The zero-order valence-corrected chi connectivity index (χ0v) is 19.0. The van der Waals surface area contributed by atoms with Crippen LogP contribution < -0.4 is 9.80 Å². The van der Waals surface area contributed by atoms with Crippen molar-refractivity contribution < 1.29 is 9.59 Å². The first kappa shape index (κ1) is 21.6. The Morgan fingerprint density at radius 2 is 1.60 bits per heavy atom. The van der Waals surface area contributed by atoms with Crippen LogP contribution in [-0.4, -0.2) is 19.4 Å². The molecule has 0 aliphatic carbocycles. The third kappa shape index (κ3) is 5.08. The molecule has 0 bridgehead atoms. The largest absolute Gasteiger partial charge is 0.309 e. The first-order valence-electron chi connectivity index (χ1n) is 9.41. The van der Waals surface area contributed by atoms with Gasteiger partial charge in [0.1, 0.15) is 0 Å². The minimum atomic E-state index is -0.311. The molecule has 150 valence electrons. The molecule has 0 aliphatic rings. The molecule has 2 amide bonds. The van der Waals surface area contributed by atoms with Crippen LogP contribution in [-0.2, 0) is 16.1 Å². The first-order valence-corrected chi connectivity index (χ1v) is 10.5. The number of anilines is 2. The van der Waals surface area contributed by atoms with Crippen molar-refractivity contribution >= 4 is 46.3 Å². The second-order valence-electron chi connectivity index (χ2n) is 6.74. The number of aryl methyl sites for hydroxylation is 1. The van der Waals surface area contributed by atoms with Gasteiger partial charge in [-0.25, -0.2) is 0 Å². The summed E-state index contributed by atoms with van der Waals surface area (Å²) in [4.78, 5) is 27.6. The Balaban J connectivity index is 1.87. The molecule has 3 rings (SSSR count). The van der Waals surface area contributed by atoms with Crippen LogP contribution in [0.2, 0.25) is 0 Å². The zero-order valence-electron chi connectivity index (χ0n) is 16.8. The Labute approximate surface area is 190 Å². The number of amides is 2. The molecule has 0 saturated heterocycles. The SMILES string of the molecule is Cc1ccccc1N(C)C(=O)C#Cc1ccccc1N(C=O)Cc1ccccc1I. The number of carbonyl (C=O) groups is 2. The molecule has 0 aliphatic heterocycles. The molecule has 3 aromatic carbocycles. The van der Waals surface area contributed by atoms with E-state index in [9.17, 15) is 9.59 Å². The third-order valence-electron chi connectivity index (χ3n) is 4.72. The van der Waals surface area contributed by atoms with Crippen molar-refractivity contribution in [2.45, 2.75) is 13.5 Å². The number of hydrogen-bond acceptors (Lipinski definition) is 2. The van der Waals surface area contributed by atoms with Crippen LogP contribution >= 0.6 is 22.6 Å². The van der Waals surface area contributed by atoms with Crippen LogP contribution in [0.3, 0.4) is 0 Å². The lowest BCUT2D eigenvalue weighted by atomic mass is 10.1. The summed E-state index contributed by atoms with van der Waals surface area (Å²) in [5.41, 5.74) is 4.16. The lowest BCUT2D eigenvalue weighted by Gasteiger charge is -2.20. The average molecular weight is 508 g/mol. The second-order valence-corrected chi connectivity index (χ2v) is 7.90. The predicted molar refractivity (Wildman–Crippen MR) is 129 cm³/mol. The van der Waals surface area contributed by atoms with Gasteiger partial charge in [-0.05, 0) is 64.9 Å². The smallest absolute Gasteiger partial charge is 0.302 e. The van der Waals surface area contributed by atoms with Gasteiger partial charge in [0.15, 0.2) is 0 Å². The monoisotopic (exact) mass is 508 g/mol. The average Bonchev–Trinajstić information content (AvgIpc) is 2.77. The van der Waals surface area contributed by atoms with Crippen molar-refractivity contribution in [3.05, 3.63) is 93.1 Å². The van der Waals surface area contributed by atoms with Crippen molar-refractivity contribution in [1.29, 1.82) is 0 Å². The highest BCUT2D eigenvalue weighted by molar-refractivity contribution is 14.1. The summed E-state index contributed by atoms with van der Waals surface area (Å²) in [6.07, 6.45) is 0.796. The Bertz CT molecular complexity index is 1130. The quantitative estimate of drug-likeness (QED) is 0.283. The van der Waals surface area contributed by atoms with E-state index in [1.165, 1.54) is 4.90 Å². The summed E-state index contributed by atoms with van der Waals surface area (Å²) in [6.45, 7) is 2.38. The van der Waals surface area contributed by atoms with Crippen molar-refractivity contribution in [3.8, 4) is 11.8 Å². The summed E-state index contributed by atoms with van der Waals surface area (Å²) >= 11 is 2.26. The predicted octanol–water partition coefficient (Wildman–Crippen LogP) is 4.78. The minimum absolute atomic E-state index is 0.311. The van der Waals surface area contributed by atoms with Gasteiger partial charge in [-0.1, -0.05) is 54.5 Å². The van der Waals surface area contributed by atoms with Crippen molar-refractivity contribution in [2.24, 2.45) is 0 Å². The number of hydrogen-bond donors (Lipinski definition) is 0. The van der Waals surface area contributed by atoms with Gasteiger partial charge in [0.25, 0.3) is 0 Å². The maximum Gasteiger partial charge on any atom is 0.302 e. The van der Waals surface area contributed by atoms with Gasteiger partial charge in [-0.3, -0.25) is 9.59 Å². The molecule has 4 nitrogen and oxygen atoms in total. The summed E-state index contributed by atoms with van der Waals surface area (Å²) in [7, 11) is 1.71. The van der Waals surface area contributed by atoms with Crippen LogP contribution in [0, 0.1) is 22.3 Å². The van der Waals surface area contributed by atoms with Crippen molar-refractivity contribution in [1.82, 2.24) is 0 Å². The Kier molecular flexibility index (Phi) is 7.26. The van der Waals surface area contributed by atoms with Crippen molar-refractivity contribution in [3.63, 3.8) is 0 Å². The number of para-hydroxylation sites is 2. The van der Waals surface area contributed by atoms with E-state index in [4.69, 9.17) is 0 Å². The maximum atomic E-state index is 12.6. The number of halogens is 1. The van der Waals surface area contributed by atoms with Gasteiger partial charge in [-0.2, -0.15) is 0 Å². The van der Waals surface area contributed by atoms with Crippen molar-refractivity contribution in [2.75, 3.05) is 16.8 Å². The molecule has 0 heterocycles. The van der Waals surface area contributed by atoms with Gasteiger partial charge >= 0.3 is 5.91 Å². The lowest BCUT2D eigenvalue weighted by molar-refractivity contribution is -0.113. The number of rotatable bonds is 5. The van der Waals surface area contributed by atoms with E-state index < -0.39 is 0 Å². The summed E-state index contributed by atoms with van der Waals surface area (Å²) in [5.74, 6) is 5.36. The highest BCUT2D eigenvalue weighted by Crippen LogP contribution is 2.23. The topological polar surface area (TPSA) is 40.6 Å². The number of nitrogens with zero attached hydrogens (tertiary/aromatic N) is 2. The summed E-state index contributed by atoms with van der Waals surface area (Å²) in [6, 6.07) is 22.9. The second kappa shape index (κ2) is 10.1. The standard InChI is InChI=1S/C25H21IN2O2/c1-19-9-3-7-13-23(19)27(2)25(30)16-15-20-10-5-8-14-24(20)28(18-29)17-21-11-4-6-12-22(21)26/h3-14,18H,17H2,1-2H3. The van der Waals surface area contributed by atoms with E-state index >= 15 is 0 Å². The Hall–Kier alpha value is -3.11. The van der Waals surface area contributed by atoms with Gasteiger partial charge in [-0.15, -0.1) is 0 Å². The highest BCUT2D eigenvalue weighted by atomic mass is 127. The molecule has 0 unspecified atom stereocenters. The van der Waals surface area contributed by atoms with Crippen LogP contribution in [0.1, 0.15) is 16.7 Å². The van der Waals surface area contributed by atoms with E-state index in [1.54, 1.807) is 11.9 Å². The molecular formula is C25H21IN2O2. The molecule has 0 aromatic heterocycles. The van der Waals surface area contributed by atoms with Crippen LogP contribution in [0.15, 0.2) is 72.8 Å². The molecular weight excluding hydrogens is 487 g/mol. The Morgan fingerprint density at radius 3 is 2.30 bits per heavy atom. The molecule has 5 heteroatoms.